The maximum absolute atomic E-state index is 13.3. The Morgan fingerprint density at radius 2 is 1.76 bits per heavy atom. The van der Waals surface area contributed by atoms with E-state index in [1.165, 1.54) is 13.2 Å². The molecule has 4 amide bonds. The molecule has 0 unspecified atom stereocenters. The fourth-order valence-electron chi connectivity index (χ4n) is 3.49. The quantitative estimate of drug-likeness (QED) is 0.404. The smallest absolute Gasteiger partial charge is 0.335 e. The molecule has 172 valence electrons. The summed E-state index contributed by atoms with van der Waals surface area (Å²) < 4.78 is 11.3. The predicted octanol–water partition coefficient (Wildman–Crippen LogP) is 4.90. The molecule has 3 aromatic rings. The Balaban J connectivity index is 1.72. The van der Waals surface area contributed by atoms with E-state index >= 15 is 0 Å². The van der Waals surface area contributed by atoms with E-state index in [0.29, 0.717) is 33.3 Å². The minimum atomic E-state index is -0.840. The summed E-state index contributed by atoms with van der Waals surface area (Å²) in [5, 5.41) is 2.62. The van der Waals surface area contributed by atoms with Crippen LogP contribution in [0.2, 0.25) is 5.02 Å². The van der Waals surface area contributed by atoms with Crippen LogP contribution in [0.25, 0.3) is 6.08 Å². The van der Waals surface area contributed by atoms with Crippen molar-refractivity contribution in [3.63, 3.8) is 0 Å². The number of imide groups is 2. The van der Waals surface area contributed by atoms with Gasteiger partial charge in [0.1, 0.15) is 23.7 Å². The van der Waals surface area contributed by atoms with Crippen molar-refractivity contribution < 1.29 is 23.9 Å². The zero-order valence-corrected chi connectivity index (χ0v) is 19.3. The van der Waals surface area contributed by atoms with E-state index in [0.717, 1.165) is 10.5 Å². The SMILES string of the molecule is COc1ccc(/C=C2\C(=O)NC(=O)N(c3cccc(Cl)c3C)C2=O)c(OCc2ccccc2)c1. The van der Waals surface area contributed by atoms with Crippen molar-refractivity contribution in [2.24, 2.45) is 0 Å². The van der Waals surface area contributed by atoms with Crippen molar-refractivity contribution in [2.45, 2.75) is 13.5 Å². The Morgan fingerprint density at radius 3 is 2.50 bits per heavy atom. The largest absolute Gasteiger partial charge is 0.497 e. The van der Waals surface area contributed by atoms with Crippen LogP contribution < -0.4 is 19.7 Å². The summed E-state index contributed by atoms with van der Waals surface area (Å²) in [6.45, 7) is 1.97. The van der Waals surface area contributed by atoms with Crippen molar-refractivity contribution in [1.82, 2.24) is 5.32 Å². The number of rotatable bonds is 6. The first kappa shape index (κ1) is 23.1. The van der Waals surface area contributed by atoms with Gasteiger partial charge in [0.15, 0.2) is 0 Å². The monoisotopic (exact) mass is 476 g/mol. The lowest BCUT2D eigenvalue weighted by atomic mass is 10.0. The van der Waals surface area contributed by atoms with Gasteiger partial charge in [0.05, 0.1) is 12.8 Å². The Bertz CT molecular complexity index is 1300. The van der Waals surface area contributed by atoms with Gasteiger partial charge >= 0.3 is 6.03 Å². The highest BCUT2D eigenvalue weighted by Gasteiger charge is 2.37. The molecule has 1 aliphatic heterocycles. The molecule has 3 aromatic carbocycles. The van der Waals surface area contributed by atoms with E-state index in [2.05, 4.69) is 5.32 Å². The molecule has 8 heteroatoms. The number of nitrogens with zero attached hydrogens (tertiary/aromatic N) is 1. The molecule has 0 radical (unpaired) electrons. The fourth-order valence-corrected chi connectivity index (χ4v) is 3.66. The normalized spacial score (nSPS) is 14.9. The summed E-state index contributed by atoms with van der Waals surface area (Å²) in [6.07, 6.45) is 1.40. The van der Waals surface area contributed by atoms with Crippen molar-refractivity contribution in [3.05, 3.63) is 94.0 Å². The molecule has 0 saturated carbocycles. The van der Waals surface area contributed by atoms with E-state index in [1.54, 1.807) is 43.3 Å². The molecule has 0 aromatic heterocycles. The van der Waals surface area contributed by atoms with E-state index in [9.17, 15) is 14.4 Å². The summed E-state index contributed by atoms with van der Waals surface area (Å²) in [7, 11) is 1.53. The van der Waals surface area contributed by atoms with Crippen molar-refractivity contribution in [3.8, 4) is 11.5 Å². The van der Waals surface area contributed by atoms with Crippen LogP contribution in [0.5, 0.6) is 11.5 Å². The average molecular weight is 477 g/mol. The first-order valence-corrected chi connectivity index (χ1v) is 10.8. The average Bonchev–Trinajstić information content (AvgIpc) is 2.84. The number of anilines is 1. The summed E-state index contributed by atoms with van der Waals surface area (Å²) in [5.41, 5.74) is 2.05. The molecule has 0 spiro atoms. The molecule has 1 N–H and O–H groups in total. The summed E-state index contributed by atoms with van der Waals surface area (Å²) in [6, 6.07) is 18.6. The fraction of sp³-hybridized carbons (Fsp3) is 0.115. The van der Waals surface area contributed by atoms with Gasteiger partial charge in [-0.2, -0.15) is 0 Å². The Hall–Kier alpha value is -4.10. The highest BCUT2D eigenvalue weighted by Crippen LogP contribution is 2.32. The van der Waals surface area contributed by atoms with Crippen molar-refractivity contribution in [1.29, 1.82) is 0 Å². The number of barbiturate groups is 1. The second-order valence-electron chi connectivity index (χ2n) is 7.52. The number of carbonyl (C=O) groups excluding carboxylic acids is 3. The van der Waals surface area contributed by atoms with E-state index < -0.39 is 17.8 Å². The first-order chi connectivity index (χ1) is 16.4. The van der Waals surface area contributed by atoms with Gasteiger partial charge in [-0.25, -0.2) is 9.69 Å². The van der Waals surface area contributed by atoms with Gasteiger partial charge in [-0.15, -0.1) is 0 Å². The molecule has 1 aliphatic rings. The highest BCUT2D eigenvalue weighted by molar-refractivity contribution is 6.40. The van der Waals surface area contributed by atoms with Crippen molar-refractivity contribution in [2.75, 3.05) is 12.0 Å². The highest BCUT2D eigenvalue weighted by atomic mass is 35.5. The van der Waals surface area contributed by atoms with Crippen LogP contribution >= 0.6 is 11.6 Å². The number of benzene rings is 3. The second-order valence-corrected chi connectivity index (χ2v) is 7.93. The van der Waals surface area contributed by atoms with Crippen LogP contribution in [-0.2, 0) is 16.2 Å². The number of ether oxygens (including phenoxy) is 2. The van der Waals surface area contributed by atoms with Gasteiger partial charge in [-0.05, 0) is 48.4 Å². The topological polar surface area (TPSA) is 84.9 Å². The summed E-state index contributed by atoms with van der Waals surface area (Å²) in [4.78, 5) is 39.4. The molecule has 1 fully saturated rings. The van der Waals surface area contributed by atoms with Gasteiger partial charge < -0.3 is 9.47 Å². The number of methoxy groups -OCH3 is 1. The molecule has 0 atom stereocenters. The third-order valence-corrected chi connectivity index (χ3v) is 5.75. The molecular weight excluding hydrogens is 456 g/mol. The van der Waals surface area contributed by atoms with Crippen molar-refractivity contribution >= 4 is 41.2 Å². The third-order valence-electron chi connectivity index (χ3n) is 5.34. The van der Waals surface area contributed by atoms with E-state index in [1.807, 2.05) is 30.3 Å². The number of hydrogen-bond acceptors (Lipinski definition) is 5. The lowest BCUT2D eigenvalue weighted by Gasteiger charge is -2.28. The Kier molecular flexibility index (Phi) is 6.65. The van der Waals surface area contributed by atoms with Gasteiger partial charge in [-0.3, -0.25) is 14.9 Å². The van der Waals surface area contributed by atoms with Crippen LogP contribution in [0.1, 0.15) is 16.7 Å². The first-order valence-electron chi connectivity index (χ1n) is 10.4. The van der Waals surface area contributed by atoms with Gasteiger partial charge in [0.2, 0.25) is 0 Å². The minimum absolute atomic E-state index is 0.214. The number of carbonyl (C=O) groups is 3. The number of urea groups is 1. The van der Waals surface area contributed by atoms with Gasteiger partial charge in [-0.1, -0.05) is 48.0 Å². The number of halogens is 1. The molecule has 1 heterocycles. The molecule has 0 bridgehead atoms. The van der Waals surface area contributed by atoms with Crippen LogP contribution in [0.3, 0.4) is 0 Å². The maximum Gasteiger partial charge on any atom is 0.335 e. The zero-order valence-electron chi connectivity index (χ0n) is 18.5. The van der Waals surface area contributed by atoms with Crippen LogP contribution in [0, 0.1) is 6.92 Å². The molecule has 34 heavy (non-hydrogen) atoms. The van der Waals surface area contributed by atoms with E-state index in [4.69, 9.17) is 21.1 Å². The maximum atomic E-state index is 13.3. The molecular formula is C26H21ClN2O5. The van der Waals surface area contributed by atoms with Gasteiger partial charge in [0.25, 0.3) is 11.8 Å². The van der Waals surface area contributed by atoms with Gasteiger partial charge in [0, 0.05) is 16.7 Å². The lowest BCUT2D eigenvalue weighted by Crippen LogP contribution is -2.54. The van der Waals surface area contributed by atoms with Crippen LogP contribution in [0.4, 0.5) is 10.5 Å². The van der Waals surface area contributed by atoms with Crippen LogP contribution in [-0.4, -0.2) is 25.0 Å². The Labute approximate surface area is 201 Å². The third kappa shape index (κ3) is 4.65. The minimum Gasteiger partial charge on any atom is -0.497 e. The summed E-state index contributed by atoms with van der Waals surface area (Å²) in [5.74, 6) is -0.589. The molecule has 1 saturated heterocycles. The second kappa shape index (κ2) is 9.80. The summed E-state index contributed by atoms with van der Waals surface area (Å²) >= 11 is 6.18. The molecule has 0 aliphatic carbocycles. The number of hydrogen-bond donors (Lipinski definition) is 1. The standard InChI is InChI=1S/C26H21ClN2O5/c1-16-21(27)9-6-10-22(16)29-25(31)20(24(30)28-26(29)32)13-18-11-12-19(33-2)14-23(18)34-15-17-7-4-3-5-8-17/h3-14H,15H2,1-2H3,(H,28,30,32)/b20-13+. The van der Waals surface area contributed by atoms with Crippen LogP contribution in [0.15, 0.2) is 72.3 Å². The predicted molar refractivity (Wildman–Crippen MR) is 129 cm³/mol. The number of amides is 4. The molecule has 4 rings (SSSR count). The Morgan fingerprint density at radius 1 is 1.00 bits per heavy atom. The number of nitrogens with one attached hydrogen (secondary N) is 1. The lowest BCUT2D eigenvalue weighted by molar-refractivity contribution is -0.122. The molecule has 7 nitrogen and oxygen atoms in total. The van der Waals surface area contributed by atoms with E-state index in [-0.39, 0.29) is 12.2 Å². The zero-order chi connectivity index (χ0) is 24.2.